The van der Waals surface area contributed by atoms with E-state index in [1.54, 1.807) is 18.3 Å². The second-order valence-electron chi connectivity index (χ2n) is 4.41. The van der Waals surface area contributed by atoms with E-state index in [1.807, 2.05) is 13.8 Å². The minimum absolute atomic E-state index is 0.139. The molecule has 0 aliphatic rings. The molecule has 0 aliphatic carbocycles. The average Bonchev–Trinajstić information content (AvgIpc) is 2.38. The molecule has 0 aromatic carbocycles. The Bertz CT molecular complexity index is 421. The SMILES string of the molecule is CC(C)Nc1cc(C(=O)NCCCNC=O)ccn1. The standard InChI is InChI=1S/C13H20N4O2/c1-10(2)17-12-8-11(4-7-15-12)13(19)16-6-3-5-14-9-18/h4,7-10H,3,5-6H2,1-2H3,(H,14,18)(H,15,17)(H,16,19). The van der Waals surface area contributed by atoms with Gasteiger partial charge in [0, 0.05) is 30.9 Å². The summed E-state index contributed by atoms with van der Waals surface area (Å²) in [5.41, 5.74) is 0.571. The first-order chi connectivity index (χ1) is 9.13. The van der Waals surface area contributed by atoms with Gasteiger partial charge in [-0.25, -0.2) is 4.98 Å². The molecule has 0 radical (unpaired) electrons. The number of aromatic nitrogens is 1. The molecule has 6 heteroatoms. The molecule has 0 atom stereocenters. The molecule has 0 unspecified atom stereocenters. The van der Waals surface area contributed by atoms with Crippen LogP contribution >= 0.6 is 0 Å². The van der Waals surface area contributed by atoms with Crippen LogP contribution in [0.3, 0.4) is 0 Å². The molecule has 104 valence electrons. The third-order valence-corrected chi connectivity index (χ3v) is 2.33. The fourth-order valence-electron chi connectivity index (χ4n) is 1.50. The molecule has 1 aromatic heterocycles. The third-order valence-electron chi connectivity index (χ3n) is 2.33. The Balaban J connectivity index is 2.45. The van der Waals surface area contributed by atoms with Gasteiger partial charge in [-0.1, -0.05) is 0 Å². The lowest BCUT2D eigenvalue weighted by Crippen LogP contribution is -2.27. The number of pyridine rings is 1. The van der Waals surface area contributed by atoms with Gasteiger partial charge in [-0.05, 0) is 32.4 Å². The molecule has 0 aliphatic heterocycles. The predicted octanol–water partition coefficient (Wildman–Crippen LogP) is 0.768. The molecule has 1 aromatic rings. The van der Waals surface area contributed by atoms with Crippen molar-refractivity contribution in [3.8, 4) is 0 Å². The first kappa shape index (κ1) is 14.9. The molecule has 19 heavy (non-hydrogen) atoms. The first-order valence-corrected chi connectivity index (χ1v) is 6.31. The van der Waals surface area contributed by atoms with Gasteiger partial charge >= 0.3 is 0 Å². The van der Waals surface area contributed by atoms with Crippen LogP contribution < -0.4 is 16.0 Å². The summed E-state index contributed by atoms with van der Waals surface area (Å²) in [6, 6.07) is 3.66. The minimum atomic E-state index is -0.139. The smallest absolute Gasteiger partial charge is 0.251 e. The van der Waals surface area contributed by atoms with Gasteiger partial charge in [-0.15, -0.1) is 0 Å². The number of nitrogens with one attached hydrogen (secondary N) is 3. The molecule has 1 rings (SSSR count). The zero-order chi connectivity index (χ0) is 14.1. The molecular weight excluding hydrogens is 244 g/mol. The van der Waals surface area contributed by atoms with Crippen LogP contribution in [0.4, 0.5) is 5.82 Å². The molecule has 0 fully saturated rings. The van der Waals surface area contributed by atoms with E-state index >= 15 is 0 Å². The number of carbonyl (C=O) groups excluding carboxylic acids is 2. The summed E-state index contributed by atoms with van der Waals surface area (Å²) in [6.45, 7) is 5.10. The number of rotatable bonds is 8. The number of nitrogens with zero attached hydrogens (tertiary/aromatic N) is 1. The summed E-state index contributed by atoms with van der Waals surface area (Å²) in [7, 11) is 0. The molecule has 1 heterocycles. The predicted molar refractivity (Wildman–Crippen MR) is 74.0 cm³/mol. The fourth-order valence-corrected chi connectivity index (χ4v) is 1.50. The molecule has 0 spiro atoms. The van der Waals surface area contributed by atoms with Gasteiger partial charge in [0.05, 0.1) is 0 Å². The molecule has 0 bridgehead atoms. The van der Waals surface area contributed by atoms with Crippen LogP contribution in [0.5, 0.6) is 0 Å². The first-order valence-electron chi connectivity index (χ1n) is 6.31. The Labute approximate surface area is 113 Å². The van der Waals surface area contributed by atoms with Crippen LogP contribution in [0.2, 0.25) is 0 Å². The number of hydrogen-bond donors (Lipinski definition) is 3. The van der Waals surface area contributed by atoms with Crippen molar-refractivity contribution in [2.75, 3.05) is 18.4 Å². The van der Waals surface area contributed by atoms with Gasteiger partial charge in [0.25, 0.3) is 5.91 Å². The van der Waals surface area contributed by atoms with E-state index in [2.05, 4.69) is 20.9 Å². The lowest BCUT2D eigenvalue weighted by Gasteiger charge is -2.10. The van der Waals surface area contributed by atoms with E-state index in [0.29, 0.717) is 37.3 Å². The zero-order valence-corrected chi connectivity index (χ0v) is 11.3. The maximum atomic E-state index is 11.9. The Hall–Kier alpha value is -2.11. The monoisotopic (exact) mass is 264 g/mol. The van der Waals surface area contributed by atoms with Crippen molar-refractivity contribution in [1.29, 1.82) is 0 Å². The van der Waals surface area contributed by atoms with Crippen LogP contribution in [-0.4, -0.2) is 36.4 Å². The number of carbonyl (C=O) groups is 2. The van der Waals surface area contributed by atoms with Crippen LogP contribution in [0, 0.1) is 0 Å². The Morgan fingerprint density at radius 3 is 2.89 bits per heavy atom. The van der Waals surface area contributed by atoms with Crippen LogP contribution in [0.15, 0.2) is 18.3 Å². The van der Waals surface area contributed by atoms with E-state index in [0.717, 1.165) is 0 Å². The second-order valence-corrected chi connectivity index (χ2v) is 4.41. The summed E-state index contributed by atoms with van der Waals surface area (Å²) in [5.74, 6) is 0.547. The molecule has 6 nitrogen and oxygen atoms in total. The normalized spacial score (nSPS) is 10.1. The fraction of sp³-hybridized carbons (Fsp3) is 0.462. The quantitative estimate of drug-likeness (QED) is 0.478. The summed E-state index contributed by atoms with van der Waals surface area (Å²) in [5, 5.41) is 8.47. The number of hydrogen-bond acceptors (Lipinski definition) is 4. The number of anilines is 1. The maximum absolute atomic E-state index is 11.9. The highest BCUT2D eigenvalue weighted by molar-refractivity contribution is 5.94. The molecule has 2 amide bonds. The zero-order valence-electron chi connectivity index (χ0n) is 11.3. The third kappa shape index (κ3) is 5.85. The largest absolute Gasteiger partial charge is 0.368 e. The van der Waals surface area contributed by atoms with Crippen molar-refractivity contribution in [1.82, 2.24) is 15.6 Å². The van der Waals surface area contributed by atoms with Gasteiger partial charge in [-0.3, -0.25) is 9.59 Å². The minimum Gasteiger partial charge on any atom is -0.368 e. The van der Waals surface area contributed by atoms with Gasteiger partial charge in [0.2, 0.25) is 6.41 Å². The lowest BCUT2D eigenvalue weighted by molar-refractivity contribution is -0.109. The summed E-state index contributed by atoms with van der Waals surface area (Å²) >= 11 is 0. The lowest BCUT2D eigenvalue weighted by atomic mass is 10.2. The van der Waals surface area contributed by atoms with Crippen molar-refractivity contribution in [2.45, 2.75) is 26.3 Å². The Kier molecular flexibility index (Phi) is 6.35. The van der Waals surface area contributed by atoms with Crippen LogP contribution in [-0.2, 0) is 4.79 Å². The Morgan fingerprint density at radius 2 is 2.21 bits per heavy atom. The highest BCUT2D eigenvalue weighted by atomic mass is 16.1. The highest BCUT2D eigenvalue weighted by Crippen LogP contribution is 2.07. The molecule has 3 N–H and O–H groups in total. The average molecular weight is 264 g/mol. The summed E-state index contributed by atoms with van der Waals surface area (Å²) in [6.07, 6.45) is 2.95. The highest BCUT2D eigenvalue weighted by Gasteiger charge is 2.06. The Morgan fingerprint density at radius 1 is 1.42 bits per heavy atom. The van der Waals surface area contributed by atoms with E-state index in [-0.39, 0.29) is 11.9 Å². The van der Waals surface area contributed by atoms with Crippen molar-refractivity contribution in [3.63, 3.8) is 0 Å². The van der Waals surface area contributed by atoms with Gasteiger partial charge in [0.1, 0.15) is 5.82 Å². The van der Waals surface area contributed by atoms with Gasteiger partial charge in [-0.2, -0.15) is 0 Å². The van der Waals surface area contributed by atoms with Crippen LogP contribution in [0.25, 0.3) is 0 Å². The summed E-state index contributed by atoms with van der Waals surface area (Å²) < 4.78 is 0. The van der Waals surface area contributed by atoms with Crippen molar-refractivity contribution in [2.24, 2.45) is 0 Å². The summed E-state index contributed by atoms with van der Waals surface area (Å²) in [4.78, 5) is 26.0. The van der Waals surface area contributed by atoms with E-state index < -0.39 is 0 Å². The van der Waals surface area contributed by atoms with Gasteiger partial charge in [0.15, 0.2) is 0 Å². The van der Waals surface area contributed by atoms with Crippen molar-refractivity contribution >= 4 is 18.1 Å². The topological polar surface area (TPSA) is 83.1 Å². The maximum Gasteiger partial charge on any atom is 0.251 e. The van der Waals surface area contributed by atoms with E-state index in [4.69, 9.17) is 0 Å². The molecular formula is C13H20N4O2. The molecule has 0 saturated heterocycles. The number of amides is 2. The van der Waals surface area contributed by atoms with Gasteiger partial charge < -0.3 is 16.0 Å². The van der Waals surface area contributed by atoms with Crippen molar-refractivity contribution in [3.05, 3.63) is 23.9 Å². The van der Waals surface area contributed by atoms with Crippen LogP contribution in [0.1, 0.15) is 30.6 Å². The van der Waals surface area contributed by atoms with Crippen molar-refractivity contribution < 1.29 is 9.59 Å². The second kappa shape index (κ2) is 8.07. The van der Waals surface area contributed by atoms with E-state index in [1.165, 1.54) is 0 Å². The van der Waals surface area contributed by atoms with E-state index in [9.17, 15) is 9.59 Å². The molecule has 0 saturated carbocycles.